The maximum Gasteiger partial charge on any atom is 0.416 e. The maximum absolute atomic E-state index is 14.2. The number of rotatable bonds is 10. The van der Waals surface area contributed by atoms with Crippen LogP contribution in [0.3, 0.4) is 0 Å². The Balaban J connectivity index is 0.000000468. The second kappa shape index (κ2) is 21.4. The zero-order valence-electron chi connectivity index (χ0n) is 38.0. The second-order valence-corrected chi connectivity index (χ2v) is 16.9. The number of hydrogen-bond donors (Lipinski definition) is 0. The van der Waals surface area contributed by atoms with E-state index in [2.05, 4.69) is 17.6 Å². The molecule has 0 fully saturated rings. The fraction of sp³-hybridized carbons (Fsp3) is 0.265. The van der Waals surface area contributed by atoms with Gasteiger partial charge in [-0.05, 0) is 30.7 Å². The summed E-state index contributed by atoms with van der Waals surface area (Å²) >= 11 is 0. The van der Waals surface area contributed by atoms with Gasteiger partial charge in [0.2, 0.25) is 12.3 Å². The van der Waals surface area contributed by atoms with Crippen molar-refractivity contribution in [2.75, 3.05) is 0 Å². The molecule has 6 aromatic rings. The molecule has 0 spiro atoms. The highest BCUT2D eigenvalue weighted by Gasteiger charge is 2.47. The van der Waals surface area contributed by atoms with Crippen molar-refractivity contribution in [3.8, 4) is 0 Å². The number of pyridine rings is 1. The van der Waals surface area contributed by atoms with Gasteiger partial charge in [-0.15, -0.1) is 0 Å². The van der Waals surface area contributed by atoms with Crippen molar-refractivity contribution in [2.24, 2.45) is 0 Å². The third-order valence-electron chi connectivity index (χ3n) is 11.7. The topological polar surface area (TPSA) is 20.9 Å². The zero-order chi connectivity index (χ0) is 57.4. The number of nitrogens with zero attached hydrogens (tertiary/aromatic N) is 1. The fourth-order valence-corrected chi connectivity index (χ4v) is 8.19. The Morgan fingerprint density at radius 3 is 0.895 bits per heavy atom. The van der Waals surface area contributed by atoms with Crippen LogP contribution in [0.25, 0.3) is 0 Å². The molecule has 76 heavy (non-hydrogen) atoms. The molecule has 1 heterocycles. The molecule has 5 aromatic carbocycles. The van der Waals surface area contributed by atoms with Crippen LogP contribution in [0.15, 0.2) is 128 Å². The van der Waals surface area contributed by atoms with Crippen molar-refractivity contribution in [3.05, 3.63) is 183 Å². The highest BCUT2D eigenvalue weighted by Crippen LogP contribution is 2.41. The number of alkyl halides is 24. The van der Waals surface area contributed by atoms with Gasteiger partial charge in [-0.1, -0.05) is 98.3 Å². The fourth-order valence-electron chi connectivity index (χ4n) is 8.19. The summed E-state index contributed by atoms with van der Waals surface area (Å²) in [5.74, 6) is 0.162. The largest absolute Gasteiger partial charge is 0.416 e. The van der Waals surface area contributed by atoms with E-state index < -0.39 is 195 Å². The quantitative estimate of drug-likeness (QED) is 0.0580. The van der Waals surface area contributed by atoms with Crippen LogP contribution < -0.4 is 26.4 Å². The van der Waals surface area contributed by atoms with Crippen molar-refractivity contribution in [2.45, 2.75) is 82.1 Å². The van der Waals surface area contributed by atoms with E-state index in [1.165, 1.54) is 12.1 Å². The molecule has 0 saturated heterocycles. The number of aromatic nitrogens is 1. The Hall–Kier alpha value is -6.70. The molecule has 410 valence electrons. The van der Waals surface area contributed by atoms with Crippen molar-refractivity contribution in [3.63, 3.8) is 0 Å². The Morgan fingerprint density at radius 1 is 0.382 bits per heavy atom. The average Bonchev–Trinajstić information content (AvgIpc) is 3.29. The lowest BCUT2D eigenvalue weighted by atomic mass is 9.12. The van der Waals surface area contributed by atoms with Crippen molar-refractivity contribution >= 4 is 33.8 Å². The summed E-state index contributed by atoms with van der Waals surface area (Å²) in [5.41, 5.74) is -28.2. The van der Waals surface area contributed by atoms with Crippen molar-refractivity contribution in [1.29, 1.82) is 0 Å². The van der Waals surface area contributed by atoms with Gasteiger partial charge in [-0.25, -0.2) is 0 Å². The number of carbonyl (C=O) groups is 1. The van der Waals surface area contributed by atoms with E-state index in [0.717, 1.165) is 18.4 Å². The molecule has 6 rings (SSSR count). The Bertz CT molecular complexity index is 2580. The molecule has 0 aliphatic rings. The molecule has 0 amide bonds. The molecule has 27 heteroatoms. The van der Waals surface area contributed by atoms with Crippen LogP contribution >= 0.6 is 0 Å². The van der Waals surface area contributed by atoms with Crippen LogP contribution in [0.5, 0.6) is 0 Å². The minimum Gasteiger partial charge on any atom is -0.287 e. The SMILES string of the molecule is CCCCc1cccc[n+]1CC(=O)c1ccccc1.FC(F)(F)c1cc([B-](c2cc(C(F)(F)F)cc(C(F)(F)F)c2)(c2cc(C(F)(F)F)cc(C(F)(F)F)c2)c2cc(C(F)(F)F)cc(C(F)(F)F)c2)cc(C(F)(F)F)c1. The lowest BCUT2D eigenvalue weighted by molar-refractivity contribution is -0.690. The summed E-state index contributed by atoms with van der Waals surface area (Å²) in [5, 5.41) is 0. The number of carbonyl (C=O) groups excluding carboxylic acids is 1. The zero-order valence-corrected chi connectivity index (χ0v) is 38.0. The van der Waals surface area contributed by atoms with E-state index in [1.54, 1.807) is 0 Å². The lowest BCUT2D eigenvalue weighted by Gasteiger charge is -2.46. The molecule has 1 aromatic heterocycles. The first kappa shape index (κ1) is 60.2. The van der Waals surface area contributed by atoms with Gasteiger partial charge in [-0.3, -0.25) is 4.79 Å². The first-order valence-corrected chi connectivity index (χ1v) is 21.5. The summed E-state index contributed by atoms with van der Waals surface area (Å²) in [6.07, 6.45) is -49.5. The minimum atomic E-state index is -6.13. The number of unbranched alkanes of at least 4 members (excludes halogenated alkanes) is 1. The summed E-state index contributed by atoms with van der Waals surface area (Å²) < 4.78 is 343. The highest BCUT2D eigenvalue weighted by molar-refractivity contribution is 7.20. The number of benzene rings is 5. The van der Waals surface area contributed by atoms with Crippen LogP contribution in [0, 0.1) is 0 Å². The minimum absolute atomic E-state index is 0.162. The van der Waals surface area contributed by atoms with E-state index in [4.69, 9.17) is 0 Å². The van der Waals surface area contributed by atoms with E-state index in [9.17, 15) is 110 Å². The molecule has 0 unspecified atom stereocenters. The molecule has 0 saturated carbocycles. The Kier molecular flexibility index (Phi) is 16.9. The van der Waals surface area contributed by atoms with Crippen molar-refractivity contribution < 1.29 is 115 Å². The van der Waals surface area contributed by atoms with Gasteiger partial charge < -0.3 is 0 Å². The molecular formula is C49H32BF24NO. The van der Waals surface area contributed by atoms with Crippen LogP contribution in [-0.4, -0.2) is 11.9 Å². The monoisotopic (exact) mass is 1120 g/mol. The number of aryl methyl sites for hydroxylation is 1. The Labute approximate surface area is 413 Å². The number of ketones is 1. The molecular weight excluding hydrogens is 1090 g/mol. The number of Topliss-reactive ketones (excluding diaryl/α,β-unsaturated/α-hetero) is 1. The third kappa shape index (κ3) is 14.2. The van der Waals surface area contributed by atoms with Gasteiger partial charge in [-0.2, -0.15) is 132 Å². The van der Waals surface area contributed by atoms with E-state index >= 15 is 0 Å². The number of halogens is 24. The average molecular weight is 1120 g/mol. The standard InChI is InChI=1S/C32H12BF24.C17H20NO/c34-25(35,36)13-1-14(26(37,38)39)6-21(5-13)33(22-7-15(27(40,41)42)2-16(8-22)28(43,44)45,23-9-17(29(46,47)48)3-18(10-23)30(49,50)51)24-11-19(31(52,53)54)4-20(12-24)32(55,56)57;1-2-3-11-16-12-7-8-13-18(16)14-17(19)15-9-5-4-6-10-15/h1-12H;4-10,12-13H,2-3,11,14H2,1H3/q-1;+1. The summed E-state index contributed by atoms with van der Waals surface area (Å²) in [6.45, 7) is 2.60. The van der Waals surface area contributed by atoms with Gasteiger partial charge in [0.15, 0.2) is 11.9 Å². The first-order chi connectivity index (χ1) is 34.6. The predicted octanol–water partition coefficient (Wildman–Crippen LogP) is 14.4. The number of hydrogen-bond acceptors (Lipinski definition) is 1. The van der Waals surface area contributed by atoms with E-state index in [1.807, 2.05) is 48.7 Å². The molecule has 0 N–H and O–H groups in total. The molecule has 0 radical (unpaired) electrons. The van der Waals surface area contributed by atoms with Gasteiger partial charge >= 0.3 is 49.4 Å². The lowest BCUT2D eigenvalue weighted by Crippen LogP contribution is -2.75. The van der Waals surface area contributed by atoms with Crippen molar-refractivity contribution in [1.82, 2.24) is 0 Å². The molecule has 0 aliphatic carbocycles. The molecule has 2 nitrogen and oxygen atoms in total. The summed E-state index contributed by atoms with van der Waals surface area (Å²) in [4.78, 5) is 12.2. The molecule has 0 atom stereocenters. The van der Waals surface area contributed by atoms with Crippen LogP contribution in [0.4, 0.5) is 105 Å². The van der Waals surface area contributed by atoms with E-state index in [-0.39, 0.29) is 5.78 Å². The summed E-state index contributed by atoms with van der Waals surface area (Å²) in [6, 6.07) is 6.79. The first-order valence-electron chi connectivity index (χ1n) is 21.5. The highest BCUT2D eigenvalue weighted by atomic mass is 19.4. The molecule has 0 bridgehead atoms. The van der Waals surface area contributed by atoms with Crippen LogP contribution in [0.2, 0.25) is 0 Å². The van der Waals surface area contributed by atoms with Gasteiger partial charge in [0.1, 0.15) is 6.15 Å². The van der Waals surface area contributed by atoms with E-state index in [0.29, 0.717) is 6.54 Å². The van der Waals surface area contributed by atoms with Crippen LogP contribution in [-0.2, 0) is 62.4 Å². The normalized spacial score (nSPS) is 13.3. The summed E-state index contributed by atoms with van der Waals surface area (Å²) in [7, 11) is 0. The predicted molar refractivity (Wildman–Crippen MR) is 226 cm³/mol. The smallest absolute Gasteiger partial charge is 0.287 e. The maximum atomic E-state index is 14.2. The van der Waals surface area contributed by atoms with Gasteiger partial charge in [0.05, 0.1) is 44.5 Å². The second-order valence-electron chi connectivity index (χ2n) is 16.9. The Morgan fingerprint density at radius 2 is 0.645 bits per heavy atom. The molecule has 0 aliphatic heterocycles. The van der Waals surface area contributed by atoms with Crippen LogP contribution in [0.1, 0.15) is 80.3 Å². The van der Waals surface area contributed by atoms with Gasteiger partial charge in [0, 0.05) is 24.1 Å². The third-order valence-corrected chi connectivity index (χ3v) is 11.7. The van der Waals surface area contributed by atoms with Gasteiger partial charge in [0.25, 0.3) is 0 Å².